The molecule has 0 bridgehead atoms. The lowest BCUT2D eigenvalue weighted by Gasteiger charge is -2.32. The standard InChI is InChI=1S/C12H21N5OS2/c1-14-11(18)9-8(13)10(19-3)12(20-9)15-17-6-4-16(2)5-7-17/h15H,4-7,13H2,1-3H3,(H,14,18). The van der Waals surface area contributed by atoms with Gasteiger partial charge in [-0.05, 0) is 13.3 Å². The van der Waals surface area contributed by atoms with Gasteiger partial charge in [0, 0.05) is 33.2 Å². The molecule has 1 amide bonds. The number of amides is 1. The molecule has 1 aromatic rings. The summed E-state index contributed by atoms with van der Waals surface area (Å²) in [6, 6.07) is 0. The van der Waals surface area contributed by atoms with Gasteiger partial charge in [0.15, 0.2) is 0 Å². The third-order valence-electron chi connectivity index (χ3n) is 3.30. The van der Waals surface area contributed by atoms with E-state index in [-0.39, 0.29) is 5.91 Å². The third kappa shape index (κ3) is 3.20. The van der Waals surface area contributed by atoms with E-state index in [9.17, 15) is 4.79 Å². The average molecular weight is 315 g/mol. The molecule has 2 rings (SSSR count). The Hall–Kier alpha value is -0.960. The Balaban J connectivity index is 2.16. The molecule has 1 saturated heterocycles. The summed E-state index contributed by atoms with van der Waals surface area (Å²) in [5.41, 5.74) is 10.1. The fraction of sp³-hybridized carbons (Fsp3) is 0.583. The van der Waals surface area contributed by atoms with Crippen LogP contribution in [0.1, 0.15) is 9.67 Å². The molecule has 0 aromatic carbocycles. The lowest BCUT2D eigenvalue weighted by molar-refractivity contribution is 0.0968. The van der Waals surface area contributed by atoms with Gasteiger partial charge in [0.25, 0.3) is 5.91 Å². The second kappa shape index (κ2) is 6.66. The number of hydrogen-bond donors (Lipinski definition) is 3. The van der Waals surface area contributed by atoms with E-state index in [0.29, 0.717) is 10.6 Å². The largest absolute Gasteiger partial charge is 0.396 e. The van der Waals surface area contributed by atoms with E-state index in [2.05, 4.69) is 27.7 Å². The van der Waals surface area contributed by atoms with Crippen LogP contribution >= 0.6 is 23.1 Å². The Morgan fingerprint density at radius 2 is 2.00 bits per heavy atom. The molecule has 0 unspecified atom stereocenters. The Morgan fingerprint density at radius 3 is 2.55 bits per heavy atom. The van der Waals surface area contributed by atoms with Crippen molar-refractivity contribution in [1.29, 1.82) is 0 Å². The fourth-order valence-electron chi connectivity index (χ4n) is 2.05. The van der Waals surface area contributed by atoms with Crippen molar-refractivity contribution in [3.63, 3.8) is 0 Å². The molecule has 0 aliphatic carbocycles. The van der Waals surface area contributed by atoms with Crippen LogP contribution < -0.4 is 16.5 Å². The van der Waals surface area contributed by atoms with E-state index in [0.717, 1.165) is 36.1 Å². The monoisotopic (exact) mass is 315 g/mol. The van der Waals surface area contributed by atoms with Crippen molar-refractivity contribution < 1.29 is 4.79 Å². The Kier molecular flexibility index (Phi) is 5.14. The van der Waals surface area contributed by atoms with Crippen LogP contribution in [0.15, 0.2) is 4.90 Å². The van der Waals surface area contributed by atoms with Gasteiger partial charge in [-0.15, -0.1) is 23.1 Å². The highest BCUT2D eigenvalue weighted by Gasteiger charge is 2.22. The Labute approximate surface area is 127 Å². The molecule has 0 saturated carbocycles. The number of nitrogens with one attached hydrogen (secondary N) is 2. The summed E-state index contributed by atoms with van der Waals surface area (Å²) in [5, 5.41) is 5.77. The third-order valence-corrected chi connectivity index (χ3v) is 5.37. The molecule has 20 heavy (non-hydrogen) atoms. The minimum atomic E-state index is -0.130. The zero-order chi connectivity index (χ0) is 14.7. The van der Waals surface area contributed by atoms with Gasteiger partial charge in [-0.1, -0.05) is 0 Å². The molecule has 6 nitrogen and oxygen atoms in total. The maximum Gasteiger partial charge on any atom is 0.263 e. The zero-order valence-electron chi connectivity index (χ0n) is 12.0. The molecule has 8 heteroatoms. The van der Waals surface area contributed by atoms with E-state index in [4.69, 9.17) is 5.73 Å². The number of carbonyl (C=O) groups is 1. The van der Waals surface area contributed by atoms with Crippen LogP contribution in [0.5, 0.6) is 0 Å². The number of hydrogen-bond acceptors (Lipinski definition) is 7. The van der Waals surface area contributed by atoms with Crippen molar-refractivity contribution in [2.75, 3.05) is 57.7 Å². The van der Waals surface area contributed by atoms with Crippen LogP contribution in [0.25, 0.3) is 0 Å². The molecule has 1 fully saturated rings. The van der Waals surface area contributed by atoms with Crippen molar-refractivity contribution in [2.45, 2.75) is 4.90 Å². The summed E-state index contributed by atoms with van der Waals surface area (Å²) < 4.78 is 0. The van der Waals surface area contributed by atoms with Gasteiger partial charge in [-0.25, -0.2) is 5.01 Å². The molecular formula is C12H21N5OS2. The summed E-state index contributed by atoms with van der Waals surface area (Å²) in [6.07, 6.45) is 1.97. The molecule has 1 aliphatic rings. The highest BCUT2D eigenvalue weighted by Crippen LogP contribution is 2.41. The number of nitrogens with zero attached hydrogens (tertiary/aromatic N) is 2. The first-order chi connectivity index (χ1) is 9.56. The number of likely N-dealkylation sites (N-methyl/N-ethyl adjacent to an activating group) is 1. The second-order valence-electron chi connectivity index (χ2n) is 4.69. The smallest absolute Gasteiger partial charge is 0.263 e. The van der Waals surface area contributed by atoms with Gasteiger partial charge in [-0.3, -0.25) is 4.79 Å². The van der Waals surface area contributed by atoms with E-state index < -0.39 is 0 Å². The molecule has 0 radical (unpaired) electrons. The van der Waals surface area contributed by atoms with Crippen LogP contribution in [0.4, 0.5) is 10.7 Å². The zero-order valence-corrected chi connectivity index (χ0v) is 13.7. The first kappa shape index (κ1) is 15.4. The molecule has 2 heterocycles. The maximum absolute atomic E-state index is 11.8. The lowest BCUT2D eigenvalue weighted by Crippen LogP contribution is -2.46. The van der Waals surface area contributed by atoms with Gasteiger partial charge in [-0.2, -0.15) is 0 Å². The number of thioether (sulfide) groups is 1. The first-order valence-electron chi connectivity index (χ1n) is 6.45. The van der Waals surface area contributed by atoms with Gasteiger partial charge in [0.2, 0.25) is 0 Å². The number of rotatable bonds is 4. The molecule has 1 aromatic heterocycles. The Morgan fingerprint density at radius 1 is 1.35 bits per heavy atom. The normalized spacial score (nSPS) is 17.1. The van der Waals surface area contributed by atoms with Crippen molar-refractivity contribution in [3.05, 3.63) is 4.88 Å². The van der Waals surface area contributed by atoms with Gasteiger partial charge in [0.1, 0.15) is 9.88 Å². The van der Waals surface area contributed by atoms with Gasteiger partial charge < -0.3 is 21.4 Å². The van der Waals surface area contributed by atoms with Crippen LogP contribution in [-0.4, -0.2) is 62.3 Å². The number of anilines is 2. The topological polar surface area (TPSA) is 73.6 Å². The number of nitrogens with two attached hydrogens (primary N) is 1. The summed E-state index contributed by atoms with van der Waals surface area (Å²) >= 11 is 2.98. The molecular weight excluding hydrogens is 294 g/mol. The molecule has 112 valence electrons. The summed E-state index contributed by atoms with van der Waals surface area (Å²) in [7, 11) is 3.74. The number of nitrogen functional groups attached to an aromatic ring is 1. The first-order valence-corrected chi connectivity index (χ1v) is 8.49. The number of hydrazine groups is 1. The summed E-state index contributed by atoms with van der Waals surface area (Å²) in [6.45, 7) is 3.98. The van der Waals surface area contributed by atoms with Crippen LogP contribution in [-0.2, 0) is 0 Å². The Bertz CT molecular complexity index is 482. The van der Waals surface area contributed by atoms with Crippen molar-refractivity contribution in [1.82, 2.24) is 15.2 Å². The van der Waals surface area contributed by atoms with E-state index in [1.165, 1.54) is 11.3 Å². The molecule has 0 spiro atoms. The van der Waals surface area contributed by atoms with Gasteiger partial charge >= 0.3 is 0 Å². The van der Waals surface area contributed by atoms with Crippen molar-refractivity contribution >= 4 is 39.7 Å². The van der Waals surface area contributed by atoms with Crippen molar-refractivity contribution in [2.24, 2.45) is 0 Å². The predicted molar refractivity (Wildman–Crippen MR) is 86.6 cm³/mol. The quantitative estimate of drug-likeness (QED) is 0.720. The van der Waals surface area contributed by atoms with Crippen molar-refractivity contribution in [3.8, 4) is 0 Å². The summed E-state index contributed by atoms with van der Waals surface area (Å²) in [5.74, 6) is -0.130. The fourth-order valence-corrected chi connectivity index (χ4v) is 4.03. The number of thiophene rings is 1. The molecule has 1 aliphatic heterocycles. The van der Waals surface area contributed by atoms with Crippen LogP contribution in [0.2, 0.25) is 0 Å². The summed E-state index contributed by atoms with van der Waals surface area (Å²) in [4.78, 5) is 15.6. The van der Waals surface area contributed by atoms with Crippen LogP contribution in [0, 0.1) is 0 Å². The van der Waals surface area contributed by atoms with Gasteiger partial charge in [0.05, 0.1) is 10.6 Å². The second-order valence-corrected chi connectivity index (χ2v) is 6.53. The lowest BCUT2D eigenvalue weighted by atomic mass is 10.3. The highest BCUT2D eigenvalue weighted by atomic mass is 32.2. The minimum Gasteiger partial charge on any atom is -0.396 e. The minimum absolute atomic E-state index is 0.130. The SMILES string of the molecule is CNC(=O)c1sc(NN2CCN(C)CC2)c(SC)c1N. The van der Waals surface area contributed by atoms with E-state index >= 15 is 0 Å². The number of carbonyl (C=O) groups excluding carboxylic acids is 1. The van der Waals surface area contributed by atoms with Crippen LogP contribution in [0.3, 0.4) is 0 Å². The predicted octanol–water partition coefficient (Wildman–Crippen LogP) is 0.986. The molecule has 0 atom stereocenters. The van der Waals surface area contributed by atoms with E-state index in [1.54, 1.807) is 18.8 Å². The van der Waals surface area contributed by atoms with E-state index in [1.807, 2.05) is 6.26 Å². The molecule has 4 N–H and O–H groups in total. The maximum atomic E-state index is 11.8. The number of piperazine rings is 1. The average Bonchev–Trinajstić information content (AvgIpc) is 2.76. The highest BCUT2D eigenvalue weighted by molar-refractivity contribution is 7.99.